The summed E-state index contributed by atoms with van der Waals surface area (Å²) >= 11 is 1.98. The number of fused-ring (bicyclic) bond motifs is 1. The lowest BCUT2D eigenvalue weighted by Gasteiger charge is -2.12. The largest absolute Gasteiger partial charge is 0.293 e. The summed E-state index contributed by atoms with van der Waals surface area (Å²) in [5.41, 5.74) is 4.26. The maximum Gasteiger partial charge on any atom is 0.0400 e. The number of hydrogen-bond acceptors (Lipinski definition) is 2. The van der Waals surface area contributed by atoms with Crippen LogP contribution < -0.4 is 0 Å². The minimum Gasteiger partial charge on any atom is -0.293 e. The molecule has 0 amide bonds. The van der Waals surface area contributed by atoms with Gasteiger partial charge in [0.05, 0.1) is 0 Å². The van der Waals surface area contributed by atoms with Gasteiger partial charge in [0.25, 0.3) is 0 Å². The van der Waals surface area contributed by atoms with E-state index in [1.165, 1.54) is 41.8 Å². The highest BCUT2D eigenvalue weighted by Crippen LogP contribution is 2.34. The number of aryl methyl sites for hydroxylation is 2. The van der Waals surface area contributed by atoms with Crippen molar-refractivity contribution in [2.75, 3.05) is 7.05 Å². The molecule has 1 aliphatic rings. The molecular formula is C12H17NS. The molecule has 1 aromatic heterocycles. The third kappa shape index (κ3) is 1.52. The Morgan fingerprint density at radius 1 is 1.29 bits per heavy atom. The molecule has 1 nitrogen and oxygen atoms in total. The van der Waals surface area contributed by atoms with Gasteiger partial charge in [0.2, 0.25) is 0 Å². The first-order valence-corrected chi connectivity index (χ1v) is 6.10. The van der Waals surface area contributed by atoms with Gasteiger partial charge in [-0.15, -0.1) is 11.3 Å². The van der Waals surface area contributed by atoms with Crippen LogP contribution in [0.15, 0.2) is 4.99 Å². The average molecular weight is 207 g/mol. The first-order valence-electron chi connectivity index (χ1n) is 5.29. The summed E-state index contributed by atoms with van der Waals surface area (Å²) in [6.07, 6.45) is 5.28. The first kappa shape index (κ1) is 9.91. The van der Waals surface area contributed by atoms with E-state index in [0.29, 0.717) is 0 Å². The summed E-state index contributed by atoms with van der Waals surface area (Å²) in [4.78, 5) is 7.40. The second-order valence-corrected chi connectivity index (χ2v) is 5.26. The maximum absolute atomic E-state index is 4.32. The molecule has 14 heavy (non-hydrogen) atoms. The third-order valence-electron chi connectivity index (χ3n) is 3.04. The van der Waals surface area contributed by atoms with Gasteiger partial charge >= 0.3 is 0 Å². The van der Waals surface area contributed by atoms with E-state index in [2.05, 4.69) is 18.8 Å². The van der Waals surface area contributed by atoms with Gasteiger partial charge in [-0.05, 0) is 45.1 Å². The molecule has 1 heterocycles. The van der Waals surface area contributed by atoms with Gasteiger partial charge in [-0.1, -0.05) is 0 Å². The molecule has 0 aromatic carbocycles. The van der Waals surface area contributed by atoms with Gasteiger partial charge in [0.1, 0.15) is 0 Å². The van der Waals surface area contributed by atoms with Crippen molar-refractivity contribution in [2.24, 2.45) is 4.99 Å². The molecule has 2 rings (SSSR count). The van der Waals surface area contributed by atoms with Crippen LogP contribution in [-0.2, 0) is 12.8 Å². The maximum atomic E-state index is 4.32. The Labute approximate surface area is 89.9 Å². The Morgan fingerprint density at radius 2 is 2.00 bits per heavy atom. The van der Waals surface area contributed by atoms with E-state index in [9.17, 15) is 0 Å². The van der Waals surface area contributed by atoms with Crippen molar-refractivity contribution in [1.82, 2.24) is 0 Å². The lowest BCUT2D eigenvalue weighted by atomic mass is 9.93. The zero-order chi connectivity index (χ0) is 10.1. The van der Waals surface area contributed by atoms with Gasteiger partial charge in [-0.25, -0.2) is 0 Å². The van der Waals surface area contributed by atoms with Crippen LogP contribution in [0.1, 0.15) is 40.6 Å². The van der Waals surface area contributed by atoms with E-state index >= 15 is 0 Å². The van der Waals surface area contributed by atoms with E-state index in [1.54, 1.807) is 10.4 Å². The number of thiophene rings is 1. The zero-order valence-corrected chi connectivity index (χ0v) is 10.0. The van der Waals surface area contributed by atoms with Crippen molar-refractivity contribution in [1.29, 1.82) is 0 Å². The van der Waals surface area contributed by atoms with Gasteiger partial charge in [0.15, 0.2) is 0 Å². The molecule has 0 N–H and O–H groups in total. The Kier molecular flexibility index (Phi) is 2.73. The van der Waals surface area contributed by atoms with E-state index in [1.807, 2.05) is 18.4 Å². The van der Waals surface area contributed by atoms with Crippen LogP contribution in [0, 0.1) is 6.92 Å². The monoisotopic (exact) mass is 207 g/mol. The Morgan fingerprint density at radius 3 is 2.71 bits per heavy atom. The smallest absolute Gasteiger partial charge is 0.0400 e. The van der Waals surface area contributed by atoms with Crippen molar-refractivity contribution in [3.05, 3.63) is 20.9 Å². The molecule has 0 atom stereocenters. The predicted molar refractivity (Wildman–Crippen MR) is 63.8 cm³/mol. The van der Waals surface area contributed by atoms with Gasteiger partial charge in [0, 0.05) is 28.1 Å². The van der Waals surface area contributed by atoms with Crippen molar-refractivity contribution < 1.29 is 0 Å². The topological polar surface area (TPSA) is 12.4 Å². The van der Waals surface area contributed by atoms with Gasteiger partial charge in [-0.3, -0.25) is 4.99 Å². The zero-order valence-electron chi connectivity index (χ0n) is 9.18. The third-order valence-corrected chi connectivity index (χ3v) is 4.25. The quantitative estimate of drug-likeness (QED) is 0.626. The molecule has 76 valence electrons. The number of rotatable bonds is 1. The second kappa shape index (κ2) is 3.85. The minimum atomic E-state index is 1.21. The van der Waals surface area contributed by atoms with Crippen LogP contribution in [-0.4, -0.2) is 12.8 Å². The number of hydrogen-bond donors (Lipinski definition) is 0. The highest BCUT2D eigenvalue weighted by molar-refractivity contribution is 7.12. The van der Waals surface area contributed by atoms with Crippen molar-refractivity contribution in [3.63, 3.8) is 0 Å². The lowest BCUT2D eigenvalue weighted by Crippen LogP contribution is -2.05. The molecule has 0 unspecified atom stereocenters. The second-order valence-electron chi connectivity index (χ2n) is 3.95. The van der Waals surface area contributed by atoms with Crippen molar-refractivity contribution >= 4 is 17.0 Å². The van der Waals surface area contributed by atoms with Crippen molar-refractivity contribution in [3.8, 4) is 0 Å². The number of nitrogens with zero attached hydrogens (tertiary/aromatic N) is 1. The Hall–Kier alpha value is -0.630. The first-order chi connectivity index (χ1) is 6.74. The molecule has 0 bridgehead atoms. The molecule has 1 aromatic rings. The molecule has 0 saturated carbocycles. The molecule has 0 aliphatic heterocycles. The van der Waals surface area contributed by atoms with Crippen molar-refractivity contribution in [2.45, 2.75) is 39.5 Å². The normalized spacial score (nSPS) is 16.9. The lowest BCUT2D eigenvalue weighted by molar-refractivity contribution is 0.696. The summed E-state index contributed by atoms with van der Waals surface area (Å²) < 4.78 is 0. The fraction of sp³-hybridized carbons (Fsp3) is 0.583. The predicted octanol–water partition coefficient (Wildman–Crippen LogP) is 3.37. The summed E-state index contributed by atoms with van der Waals surface area (Å²) in [5.74, 6) is 0. The highest BCUT2D eigenvalue weighted by Gasteiger charge is 2.19. The SMILES string of the molecule is CN=C(C)c1c(C)sc2c1CCCC2. The van der Waals surface area contributed by atoms with Crippen LogP contribution in [0.2, 0.25) is 0 Å². The molecule has 2 heteroatoms. The summed E-state index contributed by atoms with van der Waals surface area (Å²) in [6.45, 7) is 4.36. The van der Waals surface area contributed by atoms with Crippen LogP contribution in [0.3, 0.4) is 0 Å². The highest BCUT2D eigenvalue weighted by atomic mass is 32.1. The molecular weight excluding hydrogens is 190 g/mol. The molecule has 0 radical (unpaired) electrons. The minimum absolute atomic E-state index is 1.21. The van der Waals surface area contributed by atoms with E-state index < -0.39 is 0 Å². The Bertz CT molecular complexity index is 374. The number of aliphatic imine (C=N–C) groups is 1. The molecule has 0 fully saturated rings. The molecule has 0 spiro atoms. The van der Waals surface area contributed by atoms with Crippen LogP contribution in [0.5, 0.6) is 0 Å². The van der Waals surface area contributed by atoms with Crippen LogP contribution in [0.25, 0.3) is 0 Å². The summed E-state index contributed by atoms with van der Waals surface area (Å²) in [6, 6.07) is 0. The fourth-order valence-corrected chi connectivity index (χ4v) is 3.60. The molecule has 1 aliphatic carbocycles. The Balaban J connectivity index is 2.53. The summed E-state index contributed by atoms with van der Waals surface area (Å²) in [5, 5.41) is 0. The molecule has 0 saturated heterocycles. The van der Waals surface area contributed by atoms with E-state index in [4.69, 9.17) is 0 Å². The average Bonchev–Trinajstić information content (AvgIpc) is 2.53. The van der Waals surface area contributed by atoms with Crippen LogP contribution in [0.4, 0.5) is 0 Å². The fourth-order valence-electron chi connectivity index (χ4n) is 2.29. The van der Waals surface area contributed by atoms with E-state index in [0.717, 1.165) is 0 Å². The summed E-state index contributed by atoms with van der Waals surface area (Å²) in [7, 11) is 1.89. The van der Waals surface area contributed by atoms with E-state index in [-0.39, 0.29) is 0 Å². The van der Waals surface area contributed by atoms with Gasteiger partial charge in [-0.2, -0.15) is 0 Å². The standard InChI is InChI=1S/C12H17NS/c1-8(13-3)12-9(2)14-11-7-5-4-6-10(11)12/h4-7H2,1-3H3. The van der Waals surface area contributed by atoms with Crippen LogP contribution >= 0.6 is 11.3 Å². The van der Waals surface area contributed by atoms with Gasteiger partial charge < -0.3 is 0 Å².